The maximum Gasteiger partial charge on any atom is 0.0345 e. The molecule has 1 aromatic carbocycles. The molecule has 0 saturated heterocycles. The minimum absolute atomic E-state index is 0.776. The highest BCUT2D eigenvalue weighted by Gasteiger charge is 2.01. The molecule has 0 atom stereocenters. The quantitative estimate of drug-likeness (QED) is 0.835. The molecule has 0 spiro atoms. The fourth-order valence-electron chi connectivity index (χ4n) is 1.55. The second-order valence-electron chi connectivity index (χ2n) is 3.52. The Balaban J connectivity index is 2.14. The van der Waals surface area contributed by atoms with Crippen molar-refractivity contribution in [2.24, 2.45) is 5.73 Å². The summed E-state index contributed by atoms with van der Waals surface area (Å²) in [7, 11) is 0. The third-order valence-electron chi connectivity index (χ3n) is 2.35. The highest BCUT2D eigenvalue weighted by atomic mass is 32.1. The first-order valence-electron chi connectivity index (χ1n) is 5.24. The molecule has 0 fully saturated rings. The third kappa shape index (κ3) is 2.67. The van der Waals surface area contributed by atoms with Crippen LogP contribution in [0, 0.1) is 0 Å². The zero-order chi connectivity index (χ0) is 10.5. The number of benzene rings is 1. The van der Waals surface area contributed by atoms with E-state index in [4.69, 9.17) is 5.73 Å². The van der Waals surface area contributed by atoms with Crippen molar-refractivity contribution >= 4 is 11.3 Å². The molecular weight excluding hydrogens is 202 g/mol. The van der Waals surface area contributed by atoms with E-state index in [-0.39, 0.29) is 0 Å². The molecule has 2 N–H and O–H groups in total. The lowest BCUT2D eigenvalue weighted by atomic mass is 10.2. The number of aryl methyl sites for hydroxylation is 1. The van der Waals surface area contributed by atoms with Crippen LogP contribution in [0.2, 0.25) is 0 Å². The first-order valence-corrected chi connectivity index (χ1v) is 6.06. The Kier molecular flexibility index (Phi) is 3.54. The Hall–Kier alpha value is -1.12. The van der Waals surface area contributed by atoms with E-state index in [1.54, 1.807) is 0 Å². The lowest BCUT2D eigenvalue weighted by Crippen LogP contribution is -1.99. The number of nitrogens with two attached hydrogens (primary N) is 1. The van der Waals surface area contributed by atoms with Crippen molar-refractivity contribution in [3.8, 4) is 10.4 Å². The van der Waals surface area contributed by atoms with Crippen LogP contribution in [0.25, 0.3) is 10.4 Å². The van der Waals surface area contributed by atoms with Gasteiger partial charge in [0.25, 0.3) is 0 Å². The van der Waals surface area contributed by atoms with Gasteiger partial charge in [0.15, 0.2) is 0 Å². The Morgan fingerprint density at radius 2 is 1.80 bits per heavy atom. The van der Waals surface area contributed by atoms with E-state index in [9.17, 15) is 0 Å². The van der Waals surface area contributed by atoms with Crippen LogP contribution in [-0.2, 0) is 6.42 Å². The van der Waals surface area contributed by atoms with E-state index in [0.717, 1.165) is 19.4 Å². The van der Waals surface area contributed by atoms with Gasteiger partial charge < -0.3 is 5.73 Å². The lowest BCUT2D eigenvalue weighted by Gasteiger charge is -1.95. The highest BCUT2D eigenvalue weighted by Crippen LogP contribution is 2.28. The SMILES string of the molecule is NCCCc1ccc(-c2ccccc2)s1. The molecule has 78 valence electrons. The van der Waals surface area contributed by atoms with Crippen molar-refractivity contribution in [2.75, 3.05) is 6.54 Å². The zero-order valence-corrected chi connectivity index (χ0v) is 9.46. The fourth-order valence-corrected chi connectivity index (χ4v) is 2.60. The Morgan fingerprint density at radius 3 is 2.53 bits per heavy atom. The van der Waals surface area contributed by atoms with Crippen LogP contribution in [0.5, 0.6) is 0 Å². The monoisotopic (exact) mass is 217 g/mol. The van der Waals surface area contributed by atoms with Gasteiger partial charge in [-0.1, -0.05) is 30.3 Å². The maximum absolute atomic E-state index is 5.50. The van der Waals surface area contributed by atoms with Gasteiger partial charge in [0.1, 0.15) is 0 Å². The largest absolute Gasteiger partial charge is 0.330 e. The van der Waals surface area contributed by atoms with Crippen LogP contribution in [0.15, 0.2) is 42.5 Å². The predicted octanol–water partition coefficient (Wildman–Crippen LogP) is 3.31. The Labute approximate surface area is 94.6 Å². The molecule has 0 saturated carbocycles. The molecular formula is C13H15NS. The van der Waals surface area contributed by atoms with Gasteiger partial charge in [-0.3, -0.25) is 0 Å². The van der Waals surface area contributed by atoms with Crippen LogP contribution in [0.3, 0.4) is 0 Å². The summed E-state index contributed by atoms with van der Waals surface area (Å²) in [6, 6.07) is 14.9. The van der Waals surface area contributed by atoms with Gasteiger partial charge in [-0.05, 0) is 37.1 Å². The van der Waals surface area contributed by atoms with Crippen molar-refractivity contribution in [3.63, 3.8) is 0 Å². The highest BCUT2D eigenvalue weighted by molar-refractivity contribution is 7.15. The average Bonchev–Trinajstić information content (AvgIpc) is 2.76. The van der Waals surface area contributed by atoms with Crippen molar-refractivity contribution in [2.45, 2.75) is 12.8 Å². The normalized spacial score (nSPS) is 10.5. The van der Waals surface area contributed by atoms with Crippen molar-refractivity contribution in [1.82, 2.24) is 0 Å². The number of rotatable bonds is 4. The summed E-state index contributed by atoms with van der Waals surface area (Å²) >= 11 is 1.87. The second kappa shape index (κ2) is 5.10. The standard InChI is InChI=1S/C13H15NS/c14-10-4-7-12-8-9-13(15-12)11-5-2-1-3-6-11/h1-3,5-6,8-9H,4,7,10,14H2. The van der Waals surface area contributed by atoms with Crippen LogP contribution in [0.1, 0.15) is 11.3 Å². The van der Waals surface area contributed by atoms with Gasteiger partial charge in [0.2, 0.25) is 0 Å². The van der Waals surface area contributed by atoms with Gasteiger partial charge in [-0.2, -0.15) is 0 Å². The molecule has 15 heavy (non-hydrogen) atoms. The summed E-state index contributed by atoms with van der Waals surface area (Å²) < 4.78 is 0. The number of hydrogen-bond acceptors (Lipinski definition) is 2. The first-order chi connectivity index (χ1) is 7.40. The van der Waals surface area contributed by atoms with Gasteiger partial charge >= 0.3 is 0 Å². The van der Waals surface area contributed by atoms with Crippen molar-refractivity contribution < 1.29 is 0 Å². The predicted molar refractivity (Wildman–Crippen MR) is 67.1 cm³/mol. The molecule has 0 aliphatic heterocycles. The number of hydrogen-bond donors (Lipinski definition) is 1. The van der Waals surface area contributed by atoms with E-state index in [0.29, 0.717) is 0 Å². The summed E-state index contributed by atoms with van der Waals surface area (Å²) in [4.78, 5) is 2.78. The van der Waals surface area contributed by atoms with Gasteiger partial charge in [0.05, 0.1) is 0 Å². The molecule has 0 radical (unpaired) electrons. The molecule has 1 heterocycles. The van der Waals surface area contributed by atoms with Gasteiger partial charge in [-0.15, -0.1) is 11.3 Å². The molecule has 0 aliphatic carbocycles. The minimum Gasteiger partial charge on any atom is -0.330 e. The van der Waals surface area contributed by atoms with Crippen molar-refractivity contribution in [1.29, 1.82) is 0 Å². The molecule has 1 aromatic heterocycles. The molecule has 2 rings (SSSR count). The van der Waals surface area contributed by atoms with Gasteiger partial charge in [-0.25, -0.2) is 0 Å². The fraction of sp³-hybridized carbons (Fsp3) is 0.231. The molecule has 2 aromatic rings. The molecule has 1 nitrogen and oxygen atoms in total. The average molecular weight is 217 g/mol. The van der Waals surface area contributed by atoms with Crippen LogP contribution in [0.4, 0.5) is 0 Å². The molecule has 2 heteroatoms. The smallest absolute Gasteiger partial charge is 0.0345 e. The van der Waals surface area contributed by atoms with E-state index < -0.39 is 0 Å². The lowest BCUT2D eigenvalue weighted by molar-refractivity contribution is 0.843. The summed E-state index contributed by atoms with van der Waals surface area (Å²) in [6.07, 6.45) is 2.18. The van der Waals surface area contributed by atoms with E-state index in [1.165, 1.54) is 15.3 Å². The molecule has 0 aliphatic rings. The molecule has 0 amide bonds. The van der Waals surface area contributed by atoms with Crippen LogP contribution >= 0.6 is 11.3 Å². The topological polar surface area (TPSA) is 26.0 Å². The van der Waals surface area contributed by atoms with E-state index >= 15 is 0 Å². The molecule has 0 bridgehead atoms. The summed E-state index contributed by atoms with van der Waals surface area (Å²) in [6.45, 7) is 0.776. The summed E-state index contributed by atoms with van der Waals surface area (Å²) in [5.41, 5.74) is 6.81. The van der Waals surface area contributed by atoms with Crippen molar-refractivity contribution in [3.05, 3.63) is 47.3 Å². The zero-order valence-electron chi connectivity index (χ0n) is 8.65. The third-order valence-corrected chi connectivity index (χ3v) is 3.54. The van der Waals surface area contributed by atoms with E-state index in [2.05, 4.69) is 36.4 Å². The van der Waals surface area contributed by atoms with Gasteiger partial charge in [0, 0.05) is 9.75 Å². The first kappa shape index (κ1) is 10.4. The summed E-state index contributed by atoms with van der Waals surface area (Å²) in [5.74, 6) is 0. The second-order valence-corrected chi connectivity index (χ2v) is 4.69. The summed E-state index contributed by atoms with van der Waals surface area (Å²) in [5, 5.41) is 0. The maximum atomic E-state index is 5.50. The van der Waals surface area contributed by atoms with Crippen LogP contribution in [-0.4, -0.2) is 6.54 Å². The Morgan fingerprint density at radius 1 is 1.00 bits per heavy atom. The Bertz CT molecular complexity index is 405. The molecule has 0 unspecified atom stereocenters. The number of thiophene rings is 1. The minimum atomic E-state index is 0.776. The van der Waals surface area contributed by atoms with E-state index in [1.807, 2.05) is 17.4 Å². The van der Waals surface area contributed by atoms with Crippen LogP contribution < -0.4 is 5.73 Å².